The molecule has 0 spiro atoms. The van der Waals surface area contributed by atoms with Gasteiger partial charge >= 0.3 is 0 Å². The van der Waals surface area contributed by atoms with E-state index in [0.717, 1.165) is 24.2 Å². The molecular formula is C16H20N4O. The van der Waals surface area contributed by atoms with Crippen molar-refractivity contribution in [1.29, 1.82) is 0 Å². The monoisotopic (exact) mass is 284 g/mol. The first-order valence-electron chi connectivity index (χ1n) is 7.45. The third-order valence-electron chi connectivity index (χ3n) is 3.95. The minimum Gasteiger partial charge on any atom is -0.332 e. The van der Waals surface area contributed by atoms with E-state index >= 15 is 0 Å². The van der Waals surface area contributed by atoms with Gasteiger partial charge in [-0.25, -0.2) is 4.98 Å². The number of rotatable bonds is 5. The van der Waals surface area contributed by atoms with Crippen molar-refractivity contribution in [2.75, 3.05) is 6.54 Å². The number of nitrogens with one attached hydrogen (secondary N) is 1. The molecule has 110 valence electrons. The van der Waals surface area contributed by atoms with E-state index in [1.54, 1.807) is 4.90 Å². The number of amides is 1. The zero-order chi connectivity index (χ0) is 14.8. The normalized spacial score (nSPS) is 14.2. The fraction of sp³-hybridized carbons (Fsp3) is 0.438. The Morgan fingerprint density at radius 2 is 2.14 bits per heavy atom. The Bertz CT molecular complexity index is 645. The second kappa shape index (κ2) is 5.68. The van der Waals surface area contributed by atoms with Crippen LogP contribution in [-0.2, 0) is 6.54 Å². The van der Waals surface area contributed by atoms with Crippen LogP contribution < -0.4 is 0 Å². The molecule has 2 aromatic rings. The molecule has 3 rings (SSSR count). The smallest absolute Gasteiger partial charge is 0.293 e. The molecule has 1 aliphatic rings. The van der Waals surface area contributed by atoms with Crippen LogP contribution in [0.25, 0.3) is 0 Å². The van der Waals surface area contributed by atoms with Crippen LogP contribution in [0.15, 0.2) is 24.3 Å². The van der Waals surface area contributed by atoms with Crippen LogP contribution in [0.2, 0.25) is 0 Å². The number of aromatic nitrogens is 3. The molecule has 0 bridgehead atoms. The van der Waals surface area contributed by atoms with Crippen LogP contribution >= 0.6 is 0 Å². The molecule has 0 unspecified atom stereocenters. The average Bonchev–Trinajstić information content (AvgIpc) is 3.23. The van der Waals surface area contributed by atoms with E-state index in [2.05, 4.69) is 34.2 Å². The predicted molar refractivity (Wildman–Crippen MR) is 80.0 cm³/mol. The SMILES string of the molecule is CCN(Cc1ccccc1C)C(=O)c1n[nH]c(C2CC2)n1. The van der Waals surface area contributed by atoms with E-state index in [1.807, 2.05) is 19.1 Å². The summed E-state index contributed by atoms with van der Waals surface area (Å²) in [5, 5.41) is 6.98. The second-order valence-electron chi connectivity index (χ2n) is 5.56. The molecule has 1 fully saturated rings. The second-order valence-corrected chi connectivity index (χ2v) is 5.56. The van der Waals surface area contributed by atoms with Crippen LogP contribution in [0.5, 0.6) is 0 Å². The number of nitrogens with zero attached hydrogens (tertiary/aromatic N) is 3. The zero-order valence-electron chi connectivity index (χ0n) is 12.5. The van der Waals surface area contributed by atoms with Gasteiger partial charge in [-0.2, -0.15) is 0 Å². The van der Waals surface area contributed by atoms with Crippen LogP contribution in [0.3, 0.4) is 0 Å². The quantitative estimate of drug-likeness (QED) is 0.918. The predicted octanol–water partition coefficient (Wildman–Crippen LogP) is 2.65. The van der Waals surface area contributed by atoms with Gasteiger partial charge in [0.1, 0.15) is 5.82 Å². The van der Waals surface area contributed by atoms with E-state index in [-0.39, 0.29) is 11.7 Å². The van der Waals surface area contributed by atoms with Gasteiger partial charge in [0, 0.05) is 19.0 Å². The van der Waals surface area contributed by atoms with Crippen molar-refractivity contribution in [3.05, 3.63) is 47.0 Å². The summed E-state index contributed by atoms with van der Waals surface area (Å²) in [6.07, 6.45) is 2.28. The van der Waals surface area contributed by atoms with Gasteiger partial charge in [-0.3, -0.25) is 9.89 Å². The Morgan fingerprint density at radius 3 is 2.81 bits per heavy atom. The highest BCUT2D eigenvalue weighted by atomic mass is 16.2. The van der Waals surface area contributed by atoms with Gasteiger partial charge in [0.15, 0.2) is 0 Å². The van der Waals surface area contributed by atoms with E-state index in [9.17, 15) is 4.79 Å². The van der Waals surface area contributed by atoms with Crippen LogP contribution in [0.4, 0.5) is 0 Å². The van der Waals surface area contributed by atoms with Gasteiger partial charge < -0.3 is 4.90 Å². The summed E-state index contributed by atoms with van der Waals surface area (Å²) in [6.45, 7) is 5.27. The third kappa shape index (κ3) is 2.96. The number of hydrogen-bond donors (Lipinski definition) is 1. The van der Waals surface area contributed by atoms with Gasteiger partial charge in [0.2, 0.25) is 5.82 Å². The summed E-state index contributed by atoms with van der Waals surface area (Å²) in [6, 6.07) is 8.12. The van der Waals surface area contributed by atoms with Crippen molar-refractivity contribution >= 4 is 5.91 Å². The van der Waals surface area contributed by atoms with E-state index in [1.165, 1.54) is 5.56 Å². The molecule has 1 saturated carbocycles. The Morgan fingerprint density at radius 1 is 1.38 bits per heavy atom. The van der Waals surface area contributed by atoms with E-state index < -0.39 is 0 Å². The lowest BCUT2D eigenvalue weighted by atomic mass is 10.1. The summed E-state index contributed by atoms with van der Waals surface area (Å²) in [5.74, 6) is 1.51. The van der Waals surface area contributed by atoms with Crippen LogP contribution in [-0.4, -0.2) is 32.5 Å². The molecule has 1 amide bonds. The van der Waals surface area contributed by atoms with Crippen LogP contribution in [0.1, 0.15) is 53.3 Å². The molecule has 1 aromatic carbocycles. The van der Waals surface area contributed by atoms with E-state index in [0.29, 0.717) is 19.0 Å². The lowest BCUT2D eigenvalue weighted by Gasteiger charge is -2.20. The first-order valence-corrected chi connectivity index (χ1v) is 7.45. The van der Waals surface area contributed by atoms with Gasteiger partial charge in [-0.05, 0) is 37.8 Å². The zero-order valence-corrected chi connectivity index (χ0v) is 12.5. The number of aryl methyl sites for hydroxylation is 1. The lowest BCUT2D eigenvalue weighted by molar-refractivity contribution is 0.0740. The maximum atomic E-state index is 12.5. The maximum absolute atomic E-state index is 12.5. The number of aromatic amines is 1. The summed E-state index contributed by atoms with van der Waals surface area (Å²) in [4.78, 5) is 18.7. The molecule has 1 aromatic heterocycles. The van der Waals surface area contributed by atoms with Gasteiger partial charge in [0.25, 0.3) is 5.91 Å². The molecule has 1 N–H and O–H groups in total. The number of carbonyl (C=O) groups excluding carboxylic acids is 1. The highest BCUT2D eigenvalue weighted by Crippen LogP contribution is 2.37. The summed E-state index contributed by atoms with van der Waals surface area (Å²) in [5.41, 5.74) is 2.35. The molecule has 5 nitrogen and oxygen atoms in total. The van der Waals surface area contributed by atoms with Gasteiger partial charge in [-0.1, -0.05) is 24.3 Å². The minimum absolute atomic E-state index is 0.107. The minimum atomic E-state index is -0.107. The molecular weight excluding hydrogens is 264 g/mol. The molecule has 1 heterocycles. The van der Waals surface area contributed by atoms with Crippen molar-refractivity contribution in [2.45, 2.75) is 39.2 Å². The Balaban J connectivity index is 1.75. The summed E-state index contributed by atoms with van der Waals surface area (Å²) in [7, 11) is 0. The number of hydrogen-bond acceptors (Lipinski definition) is 3. The molecule has 0 aliphatic heterocycles. The Labute approximate surface area is 124 Å². The highest BCUT2D eigenvalue weighted by Gasteiger charge is 2.29. The van der Waals surface area contributed by atoms with Gasteiger partial charge in [0.05, 0.1) is 0 Å². The molecule has 21 heavy (non-hydrogen) atoms. The van der Waals surface area contributed by atoms with Crippen molar-refractivity contribution in [3.8, 4) is 0 Å². The van der Waals surface area contributed by atoms with Gasteiger partial charge in [-0.15, -0.1) is 5.10 Å². The number of benzene rings is 1. The average molecular weight is 284 g/mol. The first kappa shape index (κ1) is 13.8. The topological polar surface area (TPSA) is 61.9 Å². The highest BCUT2D eigenvalue weighted by molar-refractivity contribution is 5.90. The van der Waals surface area contributed by atoms with Crippen LogP contribution in [0, 0.1) is 6.92 Å². The molecule has 0 radical (unpaired) electrons. The summed E-state index contributed by atoms with van der Waals surface area (Å²) >= 11 is 0. The van der Waals surface area contributed by atoms with Crippen molar-refractivity contribution in [2.24, 2.45) is 0 Å². The number of H-pyrrole nitrogens is 1. The van der Waals surface area contributed by atoms with Crippen molar-refractivity contribution in [1.82, 2.24) is 20.1 Å². The lowest BCUT2D eigenvalue weighted by Crippen LogP contribution is -2.31. The fourth-order valence-electron chi connectivity index (χ4n) is 2.37. The Kier molecular flexibility index (Phi) is 3.73. The van der Waals surface area contributed by atoms with Crippen molar-refractivity contribution < 1.29 is 4.79 Å². The fourth-order valence-corrected chi connectivity index (χ4v) is 2.37. The third-order valence-corrected chi connectivity index (χ3v) is 3.95. The van der Waals surface area contributed by atoms with E-state index in [4.69, 9.17) is 0 Å². The number of carbonyl (C=O) groups is 1. The molecule has 5 heteroatoms. The standard InChI is InChI=1S/C16H20N4O/c1-3-20(10-13-7-5-4-6-11(13)2)16(21)15-17-14(18-19-15)12-8-9-12/h4-7,12H,3,8-10H2,1-2H3,(H,17,18,19). The first-order chi connectivity index (χ1) is 10.2. The Hall–Kier alpha value is -2.17. The molecule has 1 aliphatic carbocycles. The molecule has 0 atom stereocenters. The molecule has 0 saturated heterocycles. The summed E-state index contributed by atoms with van der Waals surface area (Å²) < 4.78 is 0. The maximum Gasteiger partial charge on any atom is 0.293 e. The van der Waals surface area contributed by atoms with Crippen molar-refractivity contribution in [3.63, 3.8) is 0 Å². The largest absolute Gasteiger partial charge is 0.332 e.